The van der Waals surface area contributed by atoms with E-state index in [4.69, 9.17) is 37.1 Å². The van der Waals surface area contributed by atoms with Crippen LogP contribution in [-0.4, -0.2) is 23.4 Å². The van der Waals surface area contributed by atoms with Crippen molar-refractivity contribution in [3.05, 3.63) is 44.4 Å². The van der Waals surface area contributed by atoms with Gasteiger partial charge in [0.05, 0.1) is 23.4 Å². The normalized spacial score (nSPS) is 20.6. The molecule has 0 bridgehead atoms. The summed E-state index contributed by atoms with van der Waals surface area (Å²) in [4.78, 5) is 12.3. The van der Waals surface area contributed by atoms with Gasteiger partial charge in [-0.1, -0.05) is 44.0 Å². The number of benzene rings is 1. The number of hydrogen-bond acceptors (Lipinski definition) is 4. The minimum atomic E-state index is -0.773. The molecular formula is C18H20Cl2FNO4. The van der Waals surface area contributed by atoms with Gasteiger partial charge in [0, 0.05) is 17.9 Å². The van der Waals surface area contributed by atoms with Crippen LogP contribution in [0, 0.1) is 5.82 Å². The summed E-state index contributed by atoms with van der Waals surface area (Å²) < 4.78 is 32.1. The van der Waals surface area contributed by atoms with Crippen molar-refractivity contribution >= 4 is 23.2 Å². The van der Waals surface area contributed by atoms with Gasteiger partial charge in [-0.2, -0.15) is 0 Å². The van der Waals surface area contributed by atoms with Crippen LogP contribution in [0.5, 0.6) is 5.75 Å². The minimum absolute atomic E-state index is 0.0206. The van der Waals surface area contributed by atoms with E-state index in [1.807, 2.05) is 27.7 Å². The Hall–Kier alpha value is -1.50. The standard InChI is InChI=1S/C18H20Cl2FNO4/c1-9-13(5-6-24-9)25-14-8-12(11(21)7-10(14)19)22-16(20)15(18(2,3)4)26-17(22)23/h7-9,13H,5-6H2,1-4H3. The molecule has 2 aromatic rings. The Balaban J connectivity index is 2.08. The second-order valence-electron chi connectivity index (χ2n) is 7.33. The lowest BCUT2D eigenvalue weighted by Crippen LogP contribution is -2.24. The average molecular weight is 404 g/mol. The lowest BCUT2D eigenvalue weighted by atomic mass is 9.94. The Morgan fingerprint density at radius 2 is 2.00 bits per heavy atom. The quantitative estimate of drug-likeness (QED) is 0.742. The van der Waals surface area contributed by atoms with Crippen LogP contribution < -0.4 is 10.5 Å². The third-order valence-electron chi connectivity index (χ3n) is 4.26. The Morgan fingerprint density at radius 1 is 1.31 bits per heavy atom. The SMILES string of the molecule is CC1OCCC1Oc1cc(-n2c(Cl)c(C(C)(C)C)oc2=O)c(F)cc1Cl. The van der Waals surface area contributed by atoms with Crippen molar-refractivity contribution in [2.45, 2.75) is 51.7 Å². The smallest absolute Gasteiger partial charge is 0.425 e. The second kappa shape index (κ2) is 6.91. The number of aromatic nitrogens is 1. The number of ether oxygens (including phenoxy) is 2. The van der Waals surface area contributed by atoms with E-state index in [0.29, 0.717) is 13.0 Å². The fourth-order valence-corrected chi connectivity index (χ4v) is 3.51. The summed E-state index contributed by atoms with van der Waals surface area (Å²) >= 11 is 12.4. The molecule has 0 saturated carbocycles. The molecule has 26 heavy (non-hydrogen) atoms. The lowest BCUT2D eigenvalue weighted by Gasteiger charge is -2.19. The molecule has 2 heterocycles. The zero-order valence-corrected chi connectivity index (χ0v) is 16.4. The number of rotatable bonds is 3. The minimum Gasteiger partial charge on any atom is -0.486 e. The van der Waals surface area contributed by atoms with Gasteiger partial charge in [-0.3, -0.25) is 0 Å². The Labute approximate surface area is 160 Å². The second-order valence-corrected chi connectivity index (χ2v) is 8.09. The summed E-state index contributed by atoms with van der Waals surface area (Å²) in [5, 5.41) is 0.126. The highest BCUT2D eigenvalue weighted by atomic mass is 35.5. The van der Waals surface area contributed by atoms with E-state index in [2.05, 4.69) is 0 Å². The van der Waals surface area contributed by atoms with E-state index >= 15 is 0 Å². The number of halogens is 3. The molecule has 1 aromatic carbocycles. The molecule has 1 aromatic heterocycles. The Bertz CT molecular complexity index is 885. The maximum atomic E-state index is 14.5. The van der Waals surface area contributed by atoms with Gasteiger partial charge in [-0.25, -0.2) is 13.8 Å². The van der Waals surface area contributed by atoms with Gasteiger partial charge in [0.2, 0.25) is 0 Å². The van der Waals surface area contributed by atoms with Crippen LogP contribution in [0.4, 0.5) is 4.39 Å². The topological polar surface area (TPSA) is 53.6 Å². The van der Waals surface area contributed by atoms with E-state index in [1.165, 1.54) is 6.07 Å². The first-order valence-corrected chi connectivity index (χ1v) is 9.04. The van der Waals surface area contributed by atoms with Gasteiger partial charge in [0.1, 0.15) is 17.7 Å². The van der Waals surface area contributed by atoms with Crippen LogP contribution in [0.15, 0.2) is 21.3 Å². The molecule has 0 amide bonds. The van der Waals surface area contributed by atoms with Crippen molar-refractivity contribution in [1.29, 1.82) is 0 Å². The van der Waals surface area contributed by atoms with Crippen molar-refractivity contribution in [2.75, 3.05) is 6.61 Å². The molecule has 0 radical (unpaired) electrons. The molecule has 0 N–H and O–H groups in total. The maximum absolute atomic E-state index is 14.5. The summed E-state index contributed by atoms with van der Waals surface area (Å²) in [6, 6.07) is 2.46. The summed E-state index contributed by atoms with van der Waals surface area (Å²) in [5.74, 6) is -0.946. The van der Waals surface area contributed by atoms with Gasteiger partial charge in [-0.15, -0.1) is 0 Å². The molecule has 1 aliphatic rings. The number of hydrogen-bond donors (Lipinski definition) is 0. The highest BCUT2D eigenvalue weighted by Gasteiger charge is 2.30. The van der Waals surface area contributed by atoms with Crippen molar-refractivity contribution in [1.82, 2.24) is 4.57 Å². The van der Waals surface area contributed by atoms with Gasteiger partial charge in [0.15, 0.2) is 10.9 Å². The summed E-state index contributed by atoms with van der Waals surface area (Å²) in [7, 11) is 0. The van der Waals surface area contributed by atoms with Crippen molar-refractivity contribution < 1.29 is 18.3 Å². The molecule has 5 nitrogen and oxygen atoms in total. The van der Waals surface area contributed by atoms with Crippen molar-refractivity contribution in [2.24, 2.45) is 0 Å². The molecule has 142 valence electrons. The fraction of sp³-hybridized carbons (Fsp3) is 0.500. The molecule has 8 heteroatoms. The predicted molar refractivity (Wildman–Crippen MR) is 97.4 cm³/mol. The third kappa shape index (κ3) is 3.50. The predicted octanol–water partition coefficient (Wildman–Crippen LogP) is 4.73. The van der Waals surface area contributed by atoms with E-state index in [0.717, 1.165) is 10.6 Å². The molecule has 1 aliphatic heterocycles. The molecule has 0 spiro atoms. The van der Waals surface area contributed by atoms with Gasteiger partial charge < -0.3 is 13.9 Å². The zero-order chi connectivity index (χ0) is 19.2. The van der Waals surface area contributed by atoms with Crippen LogP contribution in [0.1, 0.15) is 39.9 Å². The monoisotopic (exact) mass is 403 g/mol. The first kappa shape index (κ1) is 19.3. The first-order chi connectivity index (χ1) is 12.1. The Morgan fingerprint density at radius 3 is 2.54 bits per heavy atom. The van der Waals surface area contributed by atoms with E-state index < -0.39 is 17.0 Å². The van der Waals surface area contributed by atoms with Crippen LogP contribution in [0.25, 0.3) is 5.69 Å². The van der Waals surface area contributed by atoms with Crippen LogP contribution in [0.3, 0.4) is 0 Å². The lowest BCUT2D eigenvalue weighted by molar-refractivity contribution is 0.0673. The molecular weight excluding hydrogens is 384 g/mol. The third-order valence-corrected chi connectivity index (χ3v) is 4.90. The molecule has 2 unspecified atom stereocenters. The van der Waals surface area contributed by atoms with E-state index in [-0.39, 0.29) is 39.6 Å². The zero-order valence-electron chi connectivity index (χ0n) is 14.9. The van der Waals surface area contributed by atoms with E-state index in [1.54, 1.807) is 0 Å². The Kier molecular flexibility index (Phi) is 5.12. The van der Waals surface area contributed by atoms with Gasteiger partial charge in [0.25, 0.3) is 0 Å². The molecule has 0 aliphatic carbocycles. The fourth-order valence-electron chi connectivity index (χ4n) is 2.83. The summed E-state index contributed by atoms with van der Waals surface area (Å²) in [6.07, 6.45) is 0.393. The largest absolute Gasteiger partial charge is 0.486 e. The molecule has 3 rings (SSSR count). The highest BCUT2D eigenvalue weighted by molar-refractivity contribution is 6.32. The molecule has 1 fully saturated rings. The van der Waals surface area contributed by atoms with Crippen LogP contribution in [-0.2, 0) is 10.2 Å². The maximum Gasteiger partial charge on any atom is 0.425 e. The number of nitrogens with zero attached hydrogens (tertiary/aromatic N) is 1. The summed E-state index contributed by atoms with van der Waals surface area (Å²) in [6.45, 7) is 8.00. The average Bonchev–Trinajstić information content (AvgIpc) is 3.06. The van der Waals surface area contributed by atoms with Crippen LogP contribution in [0.2, 0.25) is 10.2 Å². The highest BCUT2D eigenvalue weighted by Crippen LogP contribution is 2.35. The van der Waals surface area contributed by atoms with Gasteiger partial charge >= 0.3 is 5.76 Å². The molecule has 2 atom stereocenters. The van der Waals surface area contributed by atoms with Crippen molar-refractivity contribution in [3.63, 3.8) is 0 Å². The molecule has 1 saturated heterocycles. The van der Waals surface area contributed by atoms with E-state index in [9.17, 15) is 9.18 Å². The van der Waals surface area contributed by atoms with Gasteiger partial charge in [-0.05, 0) is 13.0 Å². The van der Waals surface area contributed by atoms with Crippen LogP contribution >= 0.6 is 23.2 Å². The first-order valence-electron chi connectivity index (χ1n) is 8.29. The summed E-state index contributed by atoms with van der Waals surface area (Å²) in [5.41, 5.74) is -0.592. The van der Waals surface area contributed by atoms with Crippen molar-refractivity contribution in [3.8, 4) is 11.4 Å². The number of oxazole rings is 1.